The zero-order valence-electron chi connectivity index (χ0n) is 25.4. The Labute approximate surface area is 234 Å². The molecule has 0 bridgehead atoms. The molecule has 6 heteroatoms. The maximum atomic E-state index is 13.5. The summed E-state index contributed by atoms with van der Waals surface area (Å²) in [5.41, 5.74) is -0.223. The quantitative estimate of drug-likeness (QED) is 0.353. The van der Waals surface area contributed by atoms with Crippen LogP contribution in [-0.4, -0.2) is 42.6 Å². The lowest BCUT2D eigenvalue weighted by Crippen LogP contribution is -2.67. The summed E-state index contributed by atoms with van der Waals surface area (Å²) in [5.74, 6) is 0.908. The van der Waals surface area contributed by atoms with Gasteiger partial charge in [-0.3, -0.25) is 14.4 Å². The second-order valence-electron chi connectivity index (χ2n) is 15.1. The molecule has 5 aliphatic rings. The minimum absolute atomic E-state index is 0.0368. The monoisotopic (exact) mass is 542 g/mol. The molecule has 4 fully saturated rings. The highest BCUT2D eigenvalue weighted by molar-refractivity contribution is 5.86. The van der Waals surface area contributed by atoms with E-state index in [4.69, 9.17) is 9.47 Å². The van der Waals surface area contributed by atoms with E-state index >= 15 is 0 Å². The molecule has 0 amide bonds. The lowest BCUT2D eigenvalue weighted by molar-refractivity contribution is -0.217. The maximum absolute atomic E-state index is 13.5. The van der Waals surface area contributed by atoms with Gasteiger partial charge in [-0.1, -0.05) is 53.2 Å². The number of carbonyl (C=O) groups is 3. The number of allylic oxidation sites excluding steroid dienone is 2. The number of hydrogen-bond donors (Lipinski definition) is 1. The number of ketones is 1. The first-order valence-corrected chi connectivity index (χ1v) is 15.3. The smallest absolute Gasteiger partial charge is 0.312 e. The molecule has 0 radical (unpaired) electrons. The van der Waals surface area contributed by atoms with Crippen LogP contribution in [0.1, 0.15) is 99.8 Å². The van der Waals surface area contributed by atoms with Gasteiger partial charge in [0.2, 0.25) is 0 Å². The van der Waals surface area contributed by atoms with E-state index in [0.717, 1.165) is 44.9 Å². The summed E-state index contributed by atoms with van der Waals surface area (Å²) < 4.78 is 11.0. The first-order chi connectivity index (χ1) is 18.1. The van der Waals surface area contributed by atoms with Gasteiger partial charge in [0.25, 0.3) is 0 Å². The average Bonchev–Trinajstić information content (AvgIpc) is 2.88. The first-order valence-electron chi connectivity index (χ1n) is 15.3. The zero-order chi connectivity index (χ0) is 28.8. The van der Waals surface area contributed by atoms with E-state index in [1.807, 2.05) is 6.92 Å². The van der Waals surface area contributed by atoms with Crippen LogP contribution < -0.4 is 0 Å². The third-order valence-corrected chi connectivity index (χ3v) is 13.7. The molecule has 0 heterocycles. The van der Waals surface area contributed by atoms with Gasteiger partial charge in [0.15, 0.2) is 5.78 Å². The van der Waals surface area contributed by atoms with Gasteiger partial charge in [0, 0.05) is 18.8 Å². The highest BCUT2D eigenvalue weighted by Gasteiger charge is 2.71. The van der Waals surface area contributed by atoms with E-state index in [0.29, 0.717) is 18.3 Å². The summed E-state index contributed by atoms with van der Waals surface area (Å²) in [4.78, 5) is 38.6. The van der Waals surface area contributed by atoms with Crippen LogP contribution in [0.4, 0.5) is 0 Å². The number of aliphatic hydroxyl groups excluding tert-OH is 1. The van der Waals surface area contributed by atoms with Gasteiger partial charge in [-0.25, -0.2) is 0 Å². The molecule has 0 aromatic rings. The lowest BCUT2D eigenvalue weighted by atomic mass is 9.33. The highest BCUT2D eigenvalue weighted by atomic mass is 16.5. The fourth-order valence-electron chi connectivity index (χ4n) is 11.2. The fourth-order valence-corrected chi connectivity index (χ4v) is 11.2. The second kappa shape index (κ2) is 9.16. The first kappa shape index (κ1) is 28.8. The molecule has 11 atom stereocenters. The van der Waals surface area contributed by atoms with Crippen molar-refractivity contribution < 1.29 is 29.0 Å². The molecular weight excluding hydrogens is 492 g/mol. The van der Waals surface area contributed by atoms with Crippen molar-refractivity contribution in [2.24, 2.45) is 56.7 Å². The third-order valence-electron chi connectivity index (χ3n) is 13.7. The van der Waals surface area contributed by atoms with E-state index in [1.54, 1.807) is 7.11 Å². The van der Waals surface area contributed by atoms with Gasteiger partial charge in [0.05, 0.1) is 19.1 Å². The van der Waals surface area contributed by atoms with Gasteiger partial charge in [-0.15, -0.1) is 0 Å². The van der Waals surface area contributed by atoms with Gasteiger partial charge in [-0.05, 0) is 90.8 Å². The Morgan fingerprint density at radius 3 is 2.36 bits per heavy atom. The van der Waals surface area contributed by atoms with E-state index in [-0.39, 0.29) is 58.3 Å². The molecule has 39 heavy (non-hydrogen) atoms. The Bertz CT molecular complexity index is 1100. The Hall–Kier alpha value is -1.69. The number of ether oxygens (including phenoxy) is 2. The third kappa shape index (κ3) is 3.64. The van der Waals surface area contributed by atoms with Crippen LogP contribution in [0, 0.1) is 56.7 Å². The van der Waals surface area contributed by atoms with Crippen LogP contribution in [0.15, 0.2) is 11.6 Å². The summed E-state index contributed by atoms with van der Waals surface area (Å²) >= 11 is 0. The number of aliphatic hydroxyl groups is 1. The van der Waals surface area contributed by atoms with Crippen LogP contribution in [0.2, 0.25) is 0 Å². The molecule has 0 aliphatic heterocycles. The van der Waals surface area contributed by atoms with E-state index in [1.165, 1.54) is 12.5 Å². The summed E-state index contributed by atoms with van der Waals surface area (Å²) in [5, 5.41) is 11.2. The SMILES string of the molecule is COC(=O)[C@]12CC[C@@H](C)[C@H](C)[C@H]1C1=CC[C@@H]3[C@@]4(C)CC(=O)[C@H](O)[C@@](C)(COC(C)=O)[C@@H]4CC[C@@]3(C)[C@]1(C)CC2. The topological polar surface area (TPSA) is 89.9 Å². The molecule has 6 nitrogen and oxygen atoms in total. The standard InChI is InChI=1S/C33H50O6/c1-19-11-14-33(28(37)38-8)16-15-31(6)22(26(33)20(19)2)9-10-25-29(4)17-23(35)27(36)30(5,18-39-21(3)34)24(29)12-13-32(25,31)7/h9,19-20,24-27,36H,10-18H2,1-8H3/t19-,20+,24-,25-,26+,27+,29+,30+,31-,32-,33+/m1/s1. The minimum atomic E-state index is -1.12. The zero-order valence-corrected chi connectivity index (χ0v) is 25.4. The number of esters is 2. The van der Waals surface area contributed by atoms with Crippen LogP contribution in [0.25, 0.3) is 0 Å². The van der Waals surface area contributed by atoms with Crippen molar-refractivity contribution in [3.05, 3.63) is 11.6 Å². The fraction of sp³-hybridized carbons (Fsp3) is 0.848. The largest absolute Gasteiger partial charge is 0.469 e. The van der Waals surface area contributed by atoms with Crippen molar-refractivity contribution >= 4 is 17.7 Å². The minimum Gasteiger partial charge on any atom is -0.469 e. The average molecular weight is 543 g/mol. The van der Waals surface area contributed by atoms with E-state index in [9.17, 15) is 19.5 Å². The molecule has 0 aromatic carbocycles. The molecule has 5 aliphatic carbocycles. The van der Waals surface area contributed by atoms with Crippen molar-refractivity contribution in [2.45, 2.75) is 106 Å². The Kier molecular flexibility index (Phi) is 6.77. The molecular formula is C33H50O6. The lowest BCUT2D eigenvalue weighted by Gasteiger charge is -2.71. The number of carbonyl (C=O) groups excluding carboxylic acids is 3. The second-order valence-corrected chi connectivity index (χ2v) is 15.1. The summed E-state index contributed by atoms with van der Waals surface area (Å²) in [6.45, 7) is 15.2. The molecule has 1 N–H and O–H groups in total. The van der Waals surface area contributed by atoms with Crippen LogP contribution in [-0.2, 0) is 23.9 Å². The van der Waals surface area contributed by atoms with Crippen LogP contribution >= 0.6 is 0 Å². The van der Waals surface area contributed by atoms with Crippen molar-refractivity contribution in [3.63, 3.8) is 0 Å². The Morgan fingerprint density at radius 2 is 1.72 bits per heavy atom. The van der Waals surface area contributed by atoms with E-state index in [2.05, 4.69) is 40.7 Å². The highest BCUT2D eigenvalue weighted by Crippen LogP contribution is 2.75. The van der Waals surface area contributed by atoms with Crippen molar-refractivity contribution in [1.82, 2.24) is 0 Å². The Morgan fingerprint density at radius 1 is 1.03 bits per heavy atom. The Balaban J connectivity index is 1.60. The van der Waals surface area contributed by atoms with Crippen LogP contribution in [0.5, 0.6) is 0 Å². The predicted octanol–water partition coefficient (Wildman–Crippen LogP) is 5.90. The summed E-state index contributed by atoms with van der Waals surface area (Å²) in [6.07, 6.45) is 8.19. The number of Topliss-reactive ketones (excluding diaryl/α,β-unsaturated/α-hetero) is 1. The molecule has 0 aromatic heterocycles. The van der Waals surface area contributed by atoms with Crippen molar-refractivity contribution in [3.8, 4) is 0 Å². The van der Waals surface area contributed by atoms with E-state index < -0.39 is 16.9 Å². The molecule has 0 unspecified atom stereocenters. The molecule has 0 spiro atoms. The predicted molar refractivity (Wildman–Crippen MR) is 148 cm³/mol. The number of rotatable bonds is 3. The van der Waals surface area contributed by atoms with Crippen molar-refractivity contribution in [2.75, 3.05) is 13.7 Å². The molecule has 4 saturated carbocycles. The maximum Gasteiger partial charge on any atom is 0.312 e. The van der Waals surface area contributed by atoms with Gasteiger partial charge in [0.1, 0.15) is 6.10 Å². The molecule has 5 rings (SSSR count). The summed E-state index contributed by atoms with van der Waals surface area (Å²) in [7, 11) is 1.54. The summed E-state index contributed by atoms with van der Waals surface area (Å²) in [6, 6.07) is 0. The van der Waals surface area contributed by atoms with Crippen LogP contribution in [0.3, 0.4) is 0 Å². The van der Waals surface area contributed by atoms with Gasteiger partial charge in [-0.2, -0.15) is 0 Å². The van der Waals surface area contributed by atoms with Crippen molar-refractivity contribution in [1.29, 1.82) is 0 Å². The molecule has 218 valence electrons. The number of methoxy groups -OCH3 is 1. The van der Waals surface area contributed by atoms with Gasteiger partial charge < -0.3 is 14.6 Å². The van der Waals surface area contributed by atoms with Gasteiger partial charge >= 0.3 is 11.9 Å². The normalized spacial score (nSPS) is 50.9. The number of fused-ring (bicyclic) bond motifs is 7. The number of hydrogen-bond acceptors (Lipinski definition) is 6. The molecule has 0 saturated heterocycles.